The fourth-order valence-electron chi connectivity index (χ4n) is 10.4. The summed E-state index contributed by atoms with van der Waals surface area (Å²) in [6, 6.07) is 48.0. The number of anilines is 1. The number of rotatable bonds is 19. The Morgan fingerprint density at radius 3 is 1.76 bits per heavy atom. The molecule has 2 unspecified atom stereocenters. The number of fused-ring (bicyclic) bond motifs is 6. The zero-order valence-corrected chi connectivity index (χ0v) is 36.7. The van der Waals surface area contributed by atoms with Crippen LogP contribution in [0.2, 0.25) is 0 Å². The molecule has 2 aliphatic rings. The van der Waals surface area contributed by atoms with Gasteiger partial charge in [-0.3, -0.25) is 9.59 Å². The van der Waals surface area contributed by atoms with Crippen molar-refractivity contribution < 1.29 is 24.4 Å². The van der Waals surface area contributed by atoms with Crippen LogP contribution in [0.5, 0.6) is 0 Å². The van der Waals surface area contributed by atoms with Gasteiger partial charge in [0, 0.05) is 60.3 Å². The van der Waals surface area contributed by atoms with Crippen LogP contribution in [0.3, 0.4) is 0 Å². The smallest absolute Gasteiger partial charge is 0.303 e. The Hall–Kier alpha value is -6.53. The van der Waals surface area contributed by atoms with Crippen molar-refractivity contribution in [2.24, 2.45) is 0 Å². The second kappa shape index (κ2) is 19.2. The molecule has 6 nitrogen and oxygen atoms in total. The summed E-state index contributed by atoms with van der Waals surface area (Å²) < 4.78 is 2.50. The lowest BCUT2D eigenvalue weighted by atomic mass is 9.73. The number of nitrogens with zero attached hydrogens (tertiary/aromatic N) is 2. The fraction of sp³-hybridized carbons (Fsp3) is 0.281. The number of benzene rings is 6. The van der Waals surface area contributed by atoms with Gasteiger partial charge in [-0.05, 0) is 109 Å². The average molecular weight is 836 g/mol. The second-order valence-electron chi connectivity index (χ2n) is 17.7. The molecule has 0 saturated carbocycles. The van der Waals surface area contributed by atoms with Gasteiger partial charge in [0.05, 0.1) is 5.41 Å². The van der Waals surface area contributed by atoms with E-state index in [-0.39, 0.29) is 23.7 Å². The minimum Gasteiger partial charge on any atom is -0.481 e. The summed E-state index contributed by atoms with van der Waals surface area (Å²) in [4.78, 5) is 25.2. The topological polar surface area (TPSA) is 80.9 Å². The van der Waals surface area contributed by atoms with E-state index >= 15 is 0 Å². The molecule has 0 amide bonds. The van der Waals surface area contributed by atoms with E-state index in [9.17, 15) is 19.8 Å². The third-order valence-corrected chi connectivity index (χ3v) is 13.3. The van der Waals surface area contributed by atoms with Gasteiger partial charge in [0.25, 0.3) is 0 Å². The van der Waals surface area contributed by atoms with Crippen LogP contribution in [0.1, 0.15) is 87.5 Å². The molecule has 320 valence electrons. The van der Waals surface area contributed by atoms with Gasteiger partial charge in [0.2, 0.25) is 5.69 Å². The predicted molar refractivity (Wildman–Crippen MR) is 259 cm³/mol. The maximum Gasteiger partial charge on any atom is 0.303 e. The molecule has 8 rings (SSSR count). The maximum absolute atomic E-state index is 11.4. The molecule has 0 fully saturated rings. The fourth-order valence-corrected chi connectivity index (χ4v) is 10.4. The van der Waals surface area contributed by atoms with Crippen LogP contribution in [0.15, 0.2) is 170 Å². The highest BCUT2D eigenvalue weighted by Gasteiger charge is 2.49. The van der Waals surface area contributed by atoms with Crippen LogP contribution < -0.4 is 4.90 Å². The summed E-state index contributed by atoms with van der Waals surface area (Å²) in [6.07, 6.45) is 18.1. The normalized spacial score (nSPS) is 19.0. The van der Waals surface area contributed by atoms with Gasteiger partial charge in [-0.15, -0.1) is 0 Å². The molecular formula is C57H59N2O4+. The van der Waals surface area contributed by atoms with Crippen molar-refractivity contribution >= 4 is 50.6 Å². The van der Waals surface area contributed by atoms with Gasteiger partial charge in [0.15, 0.2) is 5.71 Å². The third-order valence-electron chi connectivity index (χ3n) is 13.3. The van der Waals surface area contributed by atoms with Gasteiger partial charge in [-0.2, -0.15) is 4.58 Å². The van der Waals surface area contributed by atoms with Gasteiger partial charge in [-0.1, -0.05) is 140 Å². The Morgan fingerprint density at radius 2 is 1.13 bits per heavy atom. The van der Waals surface area contributed by atoms with E-state index in [0.717, 1.165) is 51.6 Å². The van der Waals surface area contributed by atoms with E-state index in [1.54, 1.807) is 0 Å². The average Bonchev–Trinajstić information content (AvgIpc) is 3.66. The van der Waals surface area contributed by atoms with Crippen molar-refractivity contribution in [3.05, 3.63) is 192 Å². The molecule has 2 aliphatic heterocycles. The lowest BCUT2D eigenvalue weighted by Gasteiger charge is -2.31. The Kier molecular flexibility index (Phi) is 13.2. The molecule has 2 N–H and O–H groups in total. The van der Waals surface area contributed by atoms with Gasteiger partial charge in [0.1, 0.15) is 6.54 Å². The SMILES string of the molecule is CC1(Cc2ccccc2)C(/C=C/C=C/C=C2/N(CCCCCC(=O)O)c3ccc4ccccc4c3C2(C)Cc2ccccc2)=[N+](CCCCCC(=O)O)c2ccc3ccccc3c21. The second-order valence-corrected chi connectivity index (χ2v) is 17.7. The summed E-state index contributed by atoms with van der Waals surface area (Å²) in [5, 5.41) is 23.6. The zero-order valence-electron chi connectivity index (χ0n) is 36.7. The third kappa shape index (κ3) is 9.18. The van der Waals surface area contributed by atoms with Crippen LogP contribution in [0.4, 0.5) is 11.4 Å². The molecule has 0 radical (unpaired) electrons. The highest BCUT2D eigenvalue weighted by molar-refractivity contribution is 6.08. The Bertz CT molecular complexity index is 2730. The highest BCUT2D eigenvalue weighted by Crippen LogP contribution is 2.53. The van der Waals surface area contributed by atoms with Crippen molar-refractivity contribution in [1.82, 2.24) is 0 Å². The van der Waals surface area contributed by atoms with Gasteiger partial charge < -0.3 is 15.1 Å². The molecule has 0 saturated heterocycles. The molecule has 6 aromatic rings. The van der Waals surface area contributed by atoms with Crippen LogP contribution in [0, 0.1) is 0 Å². The monoisotopic (exact) mass is 835 g/mol. The number of carboxylic acid groups (broad SMARTS) is 2. The van der Waals surface area contributed by atoms with E-state index in [4.69, 9.17) is 0 Å². The Balaban J connectivity index is 1.20. The molecule has 2 atom stereocenters. The number of hydrogen-bond donors (Lipinski definition) is 2. The minimum atomic E-state index is -0.741. The summed E-state index contributed by atoms with van der Waals surface area (Å²) in [6.45, 7) is 6.39. The quantitative estimate of drug-likeness (QED) is 0.0482. The first-order valence-electron chi connectivity index (χ1n) is 22.7. The lowest BCUT2D eigenvalue weighted by Crippen LogP contribution is -2.34. The summed E-state index contributed by atoms with van der Waals surface area (Å²) in [7, 11) is 0. The van der Waals surface area contributed by atoms with Gasteiger partial charge >= 0.3 is 11.9 Å². The summed E-state index contributed by atoms with van der Waals surface area (Å²) in [5.74, 6) is -1.48. The maximum atomic E-state index is 11.4. The van der Waals surface area contributed by atoms with Crippen LogP contribution in [0.25, 0.3) is 21.5 Å². The minimum absolute atomic E-state index is 0.192. The van der Waals surface area contributed by atoms with Crippen molar-refractivity contribution in [3.63, 3.8) is 0 Å². The van der Waals surface area contributed by atoms with Crippen LogP contribution >= 0.6 is 0 Å². The predicted octanol–water partition coefficient (Wildman–Crippen LogP) is 12.9. The number of aliphatic carboxylic acids is 2. The first-order valence-corrected chi connectivity index (χ1v) is 22.7. The van der Waals surface area contributed by atoms with E-state index < -0.39 is 11.9 Å². The Labute approximate surface area is 372 Å². The zero-order chi connectivity index (χ0) is 43.8. The number of unbranched alkanes of at least 4 members (excludes halogenated alkanes) is 4. The molecule has 0 aromatic heterocycles. The van der Waals surface area contributed by atoms with Crippen molar-refractivity contribution in [3.8, 4) is 0 Å². The first kappa shape index (κ1) is 43.1. The van der Waals surface area contributed by atoms with Crippen molar-refractivity contribution in [2.75, 3.05) is 18.0 Å². The van der Waals surface area contributed by atoms with Gasteiger partial charge in [-0.25, -0.2) is 0 Å². The first-order chi connectivity index (χ1) is 30.7. The molecule has 0 aliphatic carbocycles. The molecular weight excluding hydrogens is 777 g/mol. The highest BCUT2D eigenvalue weighted by atomic mass is 16.4. The van der Waals surface area contributed by atoms with Crippen molar-refractivity contribution in [1.29, 1.82) is 0 Å². The van der Waals surface area contributed by atoms with E-state index in [2.05, 4.69) is 187 Å². The van der Waals surface area contributed by atoms with E-state index in [1.807, 2.05) is 0 Å². The number of carboxylic acids is 2. The van der Waals surface area contributed by atoms with Crippen LogP contribution in [-0.2, 0) is 33.3 Å². The number of carbonyl (C=O) groups is 2. The summed E-state index contributed by atoms with van der Waals surface area (Å²) in [5.41, 5.74) is 9.51. The molecule has 6 heteroatoms. The van der Waals surface area contributed by atoms with Crippen molar-refractivity contribution in [2.45, 2.75) is 88.9 Å². The van der Waals surface area contributed by atoms with E-state index in [0.29, 0.717) is 12.8 Å². The Morgan fingerprint density at radius 1 is 0.571 bits per heavy atom. The molecule has 0 spiro atoms. The molecule has 6 aromatic carbocycles. The lowest BCUT2D eigenvalue weighted by molar-refractivity contribution is -0.438. The standard InChI is InChI=1S/C57H58N2O4/c1-56(40-42-22-8-3-9-23-42)50(58(38-20-6-14-32-52(60)61)48-36-34-44-26-16-18-28-46(44)54(48)56)30-12-5-13-31-51-57(2,41-43-24-10-4-11-25-43)55-47-29-19-17-27-45(47)35-37-49(55)59(51)39-21-7-15-33-53(62)63/h3-5,8-13,16-19,22-31,34-37H,6-7,14-15,20-21,32-33,38-41H2,1-2H3,(H-,60,61,62,63)/p+1. The molecule has 0 bridgehead atoms. The summed E-state index contributed by atoms with van der Waals surface area (Å²) >= 11 is 0. The largest absolute Gasteiger partial charge is 0.481 e. The number of allylic oxidation sites excluding steroid dienone is 6. The van der Waals surface area contributed by atoms with E-state index in [1.165, 1.54) is 66.6 Å². The molecule has 63 heavy (non-hydrogen) atoms. The molecule has 2 heterocycles. The number of hydrogen-bond acceptors (Lipinski definition) is 3. The van der Waals surface area contributed by atoms with Crippen LogP contribution in [-0.4, -0.2) is 45.5 Å².